The zero-order valence-electron chi connectivity index (χ0n) is 20.7. The first-order chi connectivity index (χ1) is 17.4. The topological polar surface area (TPSA) is 65.1 Å². The molecule has 0 bridgehead atoms. The second kappa shape index (κ2) is 9.88. The summed E-state index contributed by atoms with van der Waals surface area (Å²) in [6.07, 6.45) is -0.985. The molecule has 0 aliphatic carbocycles. The van der Waals surface area contributed by atoms with Crippen molar-refractivity contribution < 1.29 is 23.8 Å². The molecular weight excluding hydrogens is 454 g/mol. The van der Waals surface area contributed by atoms with Crippen LogP contribution in [0.1, 0.15) is 48.3 Å². The van der Waals surface area contributed by atoms with Gasteiger partial charge in [0.2, 0.25) is 5.91 Å². The highest BCUT2D eigenvalue weighted by molar-refractivity contribution is 5.91. The SMILES string of the molecule is C[C@@H](OC(=O)c1ccccc1)[C@H]1C(=O)N(C(c2ccccc2)c2ccccc2)[C@@H]1[C@@H]1COC(C)(C)O1. The van der Waals surface area contributed by atoms with Crippen molar-refractivity contribution in [3.63, 3.8) is 0 Å². The van der Waals surface area contributed by atoms with E-state index in [0.29, 0.717) is 12.2 Å². The van der Waals surface area contributed by atoms with E-state index in [2.05, 4.69) is 0 Å². The van der Waals surface area contributed by atoms with Crippen molar-refractivity contribution >= 4 is 11.9 Å². The minimum atomic E-state index is -0.752. The van der Waals surface area contributed by atoms with Gasteiger partial charge in [-0.2, -0.15) is 0 Å². The molecule has 3 aromatic rings. The van der Waals surface area contributed by atoms with Crippen molar-refractivity contribution in [1.29, 1.82) is 0 Å². The maximum Gasteiger partial charge on any atom is 0.338 e. The number of rotatable bonds is 7. The number of carbonyl (C=O) groups excluding carboxylic acids is 2. The van der Waals surface area contributed by atoms with E-state index in [4.69, 9.17) is 14.2 Å². The number of ether oxygens (including phenoxy) is 3. The van der Waals surface area contributed by atoms with Crippen molar-refractivity contribution in [3.8, 4) is 0 Å². The van der Waals surface area contributed by atoms with Gasteiger partial charge in [0.1, 0.15) is 12.2 Å². The summed E-state index contributed by atoms with van der Waals surface area (Å²) < 4.78 is 18.0. The molecule has 3 aromatic carbocycles. The molecule has 186 valence electrons. The smallest absolute Gasteiger partial charge is 0.338 e. The van der Waals surface area contributed by atoms with Crippen LogP contribution in [0.3, 0.4) is 0 Å². The van der Waals surface area contributed by atoms with Crippen molar-refractivity contribution in [2.75, 3.05) is 6.61 Å². The zero-order chi connectivity index (χ0) is 25.3. The highest BCUT2D eigenvalue weighted by atomic mass is 16.7. The van der Waals surface area contributed by atoms with Gasteiger partial charge in [-0.05, 0) is 44.0 Å². The van der Waals surface area contributed by atoms with E-state index >= 15 is 0 Å². The van der Waals surface area contributed by atoms with Gasteiger partial charge in [-0.1, -0.05) is 78.9 Å². The Bertz CT molecular complexity index is 1160. The van der Waals surface area contributed by atoms with E-state index in [1.165, 1.54) is 0 Å². The molecule has 1 amide bonds. The van der Waals surface area contributed by atoms with Crippen LogP contribution in [0.15, 0.2) is 91.0 Å². The van der Waals surface area contributed by atoms with Gasteiger partial charge in [-0.15, -0.1) is 0 Å². The van der Waals surface area contributed by atoms with Crippen LogP contribution < -0.4 is 0 Å². The highest BCUT2D eigenvalue weighted by Crippen LogP contribution is 2.45. The highest BCUT2D eigenvalue weighted by Gasteiger charge is 2.59. The summed E-state index contributed by atoms with van der Waals surface area (Å²) in [5.74, 6) is -1.81. The van der Waals surface area contributed by atoms with E-state index in [1.54, 1.807) is 31.2 Å². The van der Waals surface area contributed by atoms with Crippen molar-refractivity contribution in [3.05, 3.63) is 108 Å². The van der Waals surface area contributed by atoms with Crippen LogP contribution in [0.4, 0.5) is 0 Å². The molecule has 4 atom stereocenters. The van der Waals surface area contributed by atoms with Crippen LogP contribution in [0.5, 0.6) is 0 Å². The average molecular weight is 486 g/mol. The van der Waals surface area contributed by atoms with E-state index in [-0.39, 0.29) is 24.1 Å². The normalized spacial score (nSPS) is 23.8. The minimum Gasteiger partial charge on any atom is -0.458 e. The fraction of sp³-hybridized carbons (Fsp3) is 0.333. The summed E-state index contributed by atoms with van der Waals surface area (Å²) in [5.41, 5.74) is 2.47. The standard InChI is InChI=1S/C30H31NO5/c1-20(35-29(33)23-17-11-6-12-18-23)25-27(24-19-34-30(2,3)36-24)31(28(25)32)26(21-13-7-4-8-14-21)22-15-9-5-10-16-22/h4-18,20,24-27H,19H2,1-3H3/t20-,24+,25-,27-/m1/s1. The van der Waals surface area contributed by atoms with Crippen molar-refractivity contribution in [2.24, 2.45) is 5.92 Å². The molecule has 2 saturated heterocycles. The van der Waals surface area contributed by atoms with Crippen LogP contribution in [0.2, 0.25) is 0 Å². The number of benzene rings is 3. The second-order valence-electron chi connectivity index (χ2n) is 9.83. The molecule has 2 aliphatic rings. The van der Waals surface area contributed by atoms with Crippen molar-refractivity contribution in [1.82, 2.24) is 4.90 Å². The molecule has 6 heteroatoms. The van der Waals surface area contributed by atoms with Gasteiger partial charge in [0, 0.05) is 0 Å². The third-order valence-corrected chi connectivity index (χ3v) is 6.96. The number of amides is 1. The fourth-order valence-electron chi connectivity index (χ4n) is 5.30. The summed E-state index contributed by atoms with van der Waals surface area (Å²) >= 11 is 0. The predicted molar refractivity (Wildman–Crippen MR) is 135 cm³/mol. The molecule has 2 fully saturated rings. The number of hydrogen-bond acceptors (Lipinski definition) is 5. The molecule has 0 N–H and O–H groups in total. The van der Waals surface area contributed by atoms with Crippen LogP contribution >= 0.6 is 0 Å². The van der Waals surface area contributed by atoms with Crippen LogP contribution in [0.25, 0.3) is 0 Å². The van der Waals surface area contributed by atoms with E-state index in [1.807, 2.05) is 85.5 Å². The predicted octanol–water partition coefficient (Wildman–Crippen LogP) is 5.00. The van der Waals surface area contributed by atoms with Crippen LogP contribution in [-0.2, 0) is 19.0 Å². The number of likely N-dealkylation sites (tertiary alicyclic amines) is 1. The molecule has 2 aliphatic heterocycles. The number of hydrogen-bond donors (Lipinski definition) is 0. The first-order valence-electron chi connectivity index (χ1n) is 12.4. The molecule has 36 heavy (non-hydrogen) atoms. The number of β-lactam (4-membered cyclic amide) rings is 1. The second-order valence-corrected chi connectivity index (χ2v) is 9.83. The van der Waals surface area contributed by atoms with Gasteiger partial charge < -0.3 is 19.1 Å². The number of carbonyl (C=O) groups is 2. The summed E-state index contributed by atoms with van der Waals surface area (Å²) in [5, 5.41) is 0. The monoisotopic (exact) mass is 485 g/mol. The van der Waals surface area contributed by atoms with Crippen LogP contribution in [-0.4, -0.2) is 47.4 Å². The molecule has 0 radical (unpaired) electrons. The Morgan fingerprint density at radius 3 is 1.94 bits per heavy atom. The maximum atomic E-state index is 13.9. The molecule has 0 saturated carbocycles. The molecule has 2 heterocycles. The first kappa shape index (κ1) is 24.2. The lowest BCUT2D eigenvalue weighted by Crippen LogP contribution is -2.69. The largest absolute Gasteiger partial charge is 0.458 e. The molecule has 0 spiro atoms. The summed E-state index contributed by atoms with van der Waals surface area (Å²) in [4.78, 5) is 28.6. The van der Waals surface area contributed by atoms with Crippen molar-refractivity contribution in [2.45, 2.75) is 50.8 Å². The van der Waals surface area contributed by atoms with E-state index < -0.39 is 23.8 Å². The molecule has 6 nitrogen and oxygen atoms in total. The quantitative estimate of drug-likeness (QED) is 0.348. The lowest BCUT2D eigenvalue weighted by Gasteiger charge is -2.54. The zero-order valence-corrected chi connectivity index (χ0v) is 20.7. The molecule has 0 unspecified atom stereocenters. The Hall–Kier alpha value is -3.48. The first-order valence-corrected chi connectivity index (χ1v) is 12.4. The van der Waals surface area contributed by atoms with Crippen LogP contribution in [0, 0.1) is 5.92 Å². The van der Waals surface area contributed by atoms with Gasteiger partial charge in [0.05, 0.1) is 30.2 Å². The Balaban J connectivity index is 1.48. The fourth-order valence-corrected chi connectivity index (χ4v) is 5.30. The van der Waals surface area contributed by atoms with E-state index in [9.17, 15) is 9.59 Å². The number of esters is 1. The summed E-state index contributed by atoms with van der Waals surface area (Å²) in [7, 11) is 0. The Morgan fingerprint density at radius 1 is 0.917 bits per heavy atom. The summed E-state index contributed by atoms with van der Waals surface area (Å²) in [6.45, 7) is 5.89. The lowest BCUT2D eigenvalue weighted by atomic mass is 9.77. The summed E-state index contributed by atoms with van der Waals surface area (Å²) in [6, 6.07) is 28.2. The lowest BCUT2D eigenvalue weighted by molar-refractivity contribution is -0.191. The van der Waals surface area contributed by atoms with Gasteiger partial charge >= 0.3 is 5.97 Å². The average Bonchev–Trinajstić information content (AvgIpc) is 3.25. The van der Waals surface area contributed by atoms with Gasteiger partial charge in [0.15, 0.2) is 5.79 Å². The Labute approximate surface area is 211 Å². The Morgan fingerprint density at radius 2 is 1.44 bits per heavy atom. The molecule has 5 rings (SSSR count). The van der Waals surface area contributed by atoms with Gasteiger partial charge in [-0.25, -0.2) is 4.79 Å². The van der Waals surface area contributed by atoms with Gasteiger partial charge in [0.25, 0.3) is 0 Å². The molecule has 0 aromatic heterocycles. The van der Waals surface area contributed by atoms with Gasteiger partial charge in [-0.3, -0.25) is 4.79 Å². The third-order valence-electron chi connectivity index (χ3n) is 6.96. The minimum absolute atomic E-state index is 0.0700. The Kier molecular flexibility index (Phi) is 6.65. The molecular formula is C30H31NO5. The third kappa shape index (κ3) is 4.66. The maximum absolute atomic E-state index is 13.9. The van der Waals surface area contributed by atoms with E-state index in [0.717, 1.165) is 11.1 Å². The number of nitrogens with zero attached hydrogens (tertiary/aromatic N) is 1.